The van der Waals surface area contributed by atoms with Crippen LogP contribution in [0.25, 0.3) is 22.3 Å². The molecule has 3 aromatic carbocycles. The summed E-state index contributed by atoms with van der Waals surface area (Å²) in [4.78, 5) is 0. The molecule has 0 bridgehead atoms. The number of hydrogen-bond acceptors (Lipinski definition) is 2. The Kier molecular flexibility index (Phi) is 6.59. The number of hydrogen-bond donors (Lipinski definition) is 1. The van der Waals surface area contributed by atoms with Gasteiger partial charge < -0.3 is 5.21 Å². The van der Waals surface area contributed by atoms with Crippen molar-refractivity contribution in [3.8, 4) is 22.3 Å². The van der Waals surface area contributed by atoms with Crippen LogP contribution in [0.1, 0.15) is 51.7 Å². The largest absolute Gasteiger partial charge is 0.313 e. The highest BCUT2D eigenvalue weighted by Gasteiger charge is 2.44. The fourth-order valence-corrected chi connectivity index (χ4v) is 5.75. The highest BCUT2D eigenvalue weighted by atomic mass is 31.0. The first-order valence-corrected chi connectivity index (χ1v) is 12.5. The molecule has 168 valence electrons. The van der Waals surface area contributed by atoms with Crippen LogP contribution in [0.4, 0.5) is 0 Å². The smallest absolute Gasteiger partial charge is 0.0413 e. The van der Waals surface area contributed by atoms with Gasteiger partial charge in [-0.05, 0) is 92.4 Å². The molecule has 1 fully saturated rings. The number of nitrogens with zero attached hydrogens (tertiary/aromatic N) is 1. The molecule has 0 saturated carbocycles. The van der Waals surface area contributed by atoms with Crippen LogP contribution in [0.15, 0.2) is 72.8 Å². The van der Waals surface area contributed by atoms with E-state index in [9.17, 15) is 5.21 Å². The predicted octanol–water partition coefficient (Wildman–Crippen LogP) is 7.60. The van der Waals surface area contributed by atoms with Gasteiger partial charge in [-0.2, -0.15) is 5.06 Å². The fourth-order valence-electron chi connectivity index (χ4n) is 5.48. The Hall–Kier alpha value is -1.99. The molecule has 0 aromatic heterocycles. The van der Waals surface area contributed by atoms with Crippen LogP contribution >= 0.6 is 9.24 Å². The zero-order valence-electron chi connectivity index (χ0n) is 19.8. The topological polar surface area (TPSA) is 23.5 Å². The molecular formula is C29H36NOP. The molecule has 0 aliphatic carbocycles. The summed E-state index contributed by atoms with van der Waals surface area (Å²) < 4.78 is 0. The van der Waals surface area contributed by atoms with Crippen LogP contribution in [0.5, 0.6) is 0 Å². The van der Waals surface area contributed by atoms with Gasteiger partial charge in [-0.1, -0.05) is 72.8 Å². The van der Waals surface area contributed by atoms with Crippen molar-refractivity contribution in [1.82, 2.24) is 5.06 Å². The average molecular weight is 446 g/mol. The third-order valence-corrected chi connectivity index (χ3v) is 7.41. The van der Waals surface area contributed by atoms with Gasteiger partial charge in [0.1, 0.15) is 0 Å². The van der Waals surface area contributed by atoms with E-state index in [1.165, 1.54) is 33.4 Å². The van der Waals surface area contributed by atoms with Crippen LogP contribution in [0, 0.1) is 5.92 Å². The third-order valence-electron chi connectivity index (χ3n) is 6.94. The zero-order chi connectivity index (χ0) is 22.9. The van der Waals surface area contributed by atoms with Gasteiger partial charge in [-0.3, -0.25) is 0 Å². The van der Waals surface area contributed by atoms with Crippen LogP contribution in [0.2, 0.25) is 0 Å². The van der Waals surface area contributed by atoms with Gasteiger partial charge in [0.2, 0.25) is 0 Å². The van der Waals surface area contributed by atoms with Crippen molar-refractivity contribution in [2.75, 3.05) is 0 Å². The summed E-state index contributed by atoms with van der Waals surface area (Å²) in [5.74, 6) is 0.575. The Bertz CT molecular complexity index is 1020. The molecule has 1 atom stereocenters. The van der Waals surface area contributed by atoms with Crippen LogP contribution in [0.3, 0.4) is 0 Å². The van der Waals surface area contributed by atoms with E-state index in [-0.39, 0.29) is 11.1 Å². The van der Waals surface area contributed by atoms with Gasteiger partial charge >= 0.3 is 0 Å². The molecule has 3 heteroatoms. The van der Waals surface area contributed by atoms with Crippen LogP contribution in [-0.4, -0.2) is 21.3 Å². The molecule has 1 saturated heterocycles. The Morgan fingerprint density at radius 2 is 1.03 bits per heavy atom. The predicted molar refractivity (Wildman–Crippen MR) is 139 cm³/mol. The van der Waals surface area contributed by atoms with Crippen molar-refractivity contribution >= 4 is 9.24 Å². The normalized spacial score (nSPS) is 18.6. The van der Waals surface area contributed by atoms with Crippen molar-refractivity contribution in [3.05, 3.63) is 83.9 Å². The summed E-state index contributed by atoms with van der Waals surface area (Å²) in [6.07, 6.45) is 4.07. The molecular weight excluding hydrogens is 409 g/mol. The standard InChI is InChI=1S/C29H36NOP/c1-28(2)18-23(19-29(3,4)30(28)31)17-21-5-9-24(10-6-21)26-13-15-27(16-14-26)25-11-7-22(20-32)8-12-25/h5-16,23,31H,17-20,32H2,1-4H3. The van der Waals surface area contributed by atoms with Crippen molar-refractivity contribution in [2.24, 2.45) is 5.92 Å². The van der Waals surface area contributed by atoms with E-state index < -0.39 is 0 Å². The summed E-state index contributed by atoms with van der Waals surface area (Å²) in [5.41, 5.74) is 7.35. The van der Waals surface area contributed by atoms with Gasteiger partial charge in [-0.25, -0.2) is 0 Å². The first-order chi connectivity index (χ1) is 15.2. The lowest BCUT2D eigenvalue weighted by atomic mass is 9.73. The molecule has 1 N–H and O–H groups in total. The highest BCUT2D eigenvalue weighted by Crippen LogP contribution is 2.41. The molecule has 2 nitrogen and oxygen atoms in total. The van der Waals surface area contributed by atoms with Crippen molar-refractivity contribution in [1.29, 1.82) is 0 Å². The number of hydroxylamine groups is 2. The fraction of sp³-hybridized carbons (Fsp3) is 0.379. The van der Waals surface area contributed by atoms with Crippen LogP contribution in [-0.2, 0) is 12.6 Å². The van der Waals surface area contributed by atoms with Gasteiger partial charge in [0.05, 0.1) is 0 Å². The minimum Gasteiger partial charge on any atom is -0.313 e. The molecule has 0 spiro atoms. The first-order valence-electron chi connectivity index (χ1n) is 11.7. The van der Waals surface area contributed by atoms with Gasteiger partial charge in [-0.15, -0.1) is 9.24 Å². The molecule has 1 aliphatic heterocycles. The van der Waals surface area contributed by atoms with E-state index in [0.29, 0.717) is 5.92 Å². The summed E-state index contributed by atoms with van der Waals surface area (Å²) in [5, 5.41) is 12.1. The lowest BCUT2D eigenvalue weighted by Crippen LogP contribution is -2.59. The Morgan fingerprint density at radius 3 is 1.41 bits per heavy atom. The van der Waals surface area contributed by atoms with E-state index in [1.807, 2.05) is 0 Å². The number of benzene rings is 3. The van der Waals surface area contributed by atoms with E-state index in [0.717, 1.165) is 25.4 Å². The minimum atomic E-state index is -0.191. The van der Waals surface area contributed by atoms with Gasteiger partial charge in [0.15, 0.2) is 0 Å². The number of piperidine rings is 1. The van der Waals surface area contributed by atoms with Crippen molar-refractivity contribution in [2.45, 2.75) is 64.2 Å². The maximum atomic E-state index is 10.6. The van der Waals surface area contributed by atoms with Crippen molar-refractivity contribution < 1.29 is 5.21 Å². The second kappa shape index (κ2) is 9.10. The quantitative estimate of drug-likeness (QED) is 0.409. The monoisotopic (exact) mass is 445 g/mol. The molecule has 0 amide bonds. The van der Waals surface area contributed by atoms with Crippen LogP contribution < -0.4 is 0 Å². The second-order valence-corrected chi connectivity index (χ2v) is 11.0. The molecule has 1 heterocycles. The average Bonchev–Trinajstić information content (AvgIpc) is 2.78. The molecule has 1 unspecified atom stereocenters. The molecule has 32 heavy (non-hydrogen) atoms. The second-order valence-electron chi connectivity index (χ2n) is 10.6. The third kappa shape index (κ3) is 4.99. The minimum absolute atomic E-state index is 0.191. The maximum absolute atomic E-state index is 10.6. The molecule has 0 radical (unpaired) electrons. The number of rotatable bonds is 5. The molecule has 1 aliphatic rings. The first kappa shape index (κ1) is 23.2. The zero-order valence-corrected chi connectivity index (χ0v) is 21.0. The summed E-state index contributed by atoms with van der Waals surface area (Å²) in [6, 6.07) is 26.7. The highest BCUT2D eigenvalue weighted by molar-refractivity contribution is 7.15. The maximum Gasteiger partial charge on any atom is 0.0413 e. The van der Waals surface area contributed by atoms with E-state index >= 15 is 0 Å². The molecule has 4 rings (SSSR count). The lowest BCUT2D eigenvalue weighted by Gasteiger charge is -2.51. The Morgan fingerprint density at radius 1 is 0.688 bits per heavy atom. The Balaban J connectivity index is 1.44. The summed E-state index contributed by atoms with van der Waals surface area (Å²) in [6.45, 7) is 8.58. The van der Waals surface area contributed by atoms with E-state index in [1.54, 1.807) is 5.06 Å². The summed E-state index contributed by atoms with van der Waals surface area (Å²) in [7, 11) is 2.77. The van der Waals surface area contributed by atoms with Gasteiger partial charge in [0, 0.05) is 11.1 Å². The van der Waals surface area contributed by atoms with E-state index in [2.05, 4.69) is 110 Å². The lowest BCUT2D eigenvalue weighted by molar-refractivity contribution is -0.250. The summed E-state index contributed by atoms with van der Waals surface area (Å²) >= 11 is 0. The van der Waals surface area contributed by atoms with Crippen molar-refractivity contribution in [3.63, 3.8) is 0 Å². The SMILES string of the molecule is CC1(C)CC(Cc2ccc(-c3ccc(-c4ccc(CP)cc4)cc3)cc2)CC(C)(C)N1O. The molecule has 3 aromatic rings. The van der Waals surface area contributed by atoms with E-state index in [4.69, 9.17) is 0 Å². The Labute approximate surface area is 195 Å². The van der Waals surface area contributed by atoms with Gasteiger partial charge in [0.25, 0.3) is 0 Å².